The Hall–Kier alpha value is -2.57. The largest absolute Gasteiger partial charge is 0.493 e. The zero-order valence-corrected chi connectivity index (χ0v) is 14.4. The van der Waals surface area contributed by atoms with Gasteiger partial charge >= 0.3 is 11.8 Å². The molecule has 2 rings (SSSR count). The molecule has 0 radical (unpaired) electrons. The highest BCUT2D eigenvalue weighted by Crippen LogP contribution is 2.34. The first-order valence-corrected chi connectivity index (χ1v) is 8.01. The van der Waals surface area contributed by atoms with E-state index < -0.39 is 11.8 Å². The fraction of sp³-hybridized carbons (Fsp3) is 0.471. The van der Waals surface area contributed by atoms with Gasteiger partial charge in [-0.15, -0.1) is 0 Å². The van der Waals surface area contributed by atoms with E-state index in [9.17, 15) is 9.59 Å². The molecule has 0 fully saturated rings. The van der Waals surface area contributed by atoms with Gasteiger partial charge in [-0.1, -0.05) is 0 Å². The van der Waals surface area contributed by atoms with E-state index in [2.05, 4.69) is 15.8 Å². The van der Waals surface area contributed by atoms with Crippen LogP contribution in [0.1, 0.15) is 38.8 Å². The van der Waals surface area contributed by atoms with Crippen LogP contribution in [0, 0.1) is 0 Å². The third-order valence-corrected chi connectivity index (χ3v) is 3.32. The lowest BCUT2D eigenvalue weighted by Crippen LogP contribution is -2.41. The Bertz CT molecular complexity index is 655. The normalized spacial score (nSPS) is 16.0. The molecular formula is C17H23N3O4. The lowest BCUT2D eigenvalue weighted by atomic mass is 10.1. The average molecular weight is 333 g/mol. The molecule has 2 amide bonds. The molecular weight excluding hydrogens is 310 g/mol. The standard InChI is InChI=1S/C17H23N3O4/c1-5-23-14-7-12-6-11(4)24-15(12)8-13(14)9-18-20-17(22)16(21)19-10(2)3/h7-11H,5-6H2,1-4H3,(H,19,21)(H,20,22)/b18-9-/t11-/m0/s1. The van der Waals surface area contributed by atoms with Crippen LogP contribution in [0.3, 0.4) is 0 Å². The third-order valence-electron chi connectivity index (χ3n) is 3.32. The Morgan fingerprint density at radius 3 is 2.83 bits per heavy atom. The first-order chi connectivity index (χ1) is 11.4. The predicted octanol–water partition coefficient (Wildman–Crippen LogP) is 1.38. The molecule has 0 spiro atoms. The van der Waals surface area contributed by atoms with Crippen molar-refractivity contribution in [2.75, 3.05) is 6.61 Å². The summed E-state index contributed by atoms with van der Waals surface area (Å²) < 4.78 is 11.3. The SMILES string of the molecule is CCOc1cc2c(cc1/C=N\NC(=O)C(=O)NC(C)C)O[C@@H](C)C2. The van der Waals surface area contributed by atoms with Crippen molar-refractivity contribution in [3.8, 4) is 11.5 Å². The van der Waals surface area contributed by atoms with Crippen LogP contribution in [0.25, 0.3) is 0 Å². The van der Waals surface area contributed by atoms with E-state index >= 15 is 0 Å². The molecule has 1 aliphatic heterocycles. The minimum Gasteiger partial charge on any atom is -0.493 e. The monoisotopic (exact) mass is 333 g/mol. The lowest BCUT2D eigenvalue weighted by Gasteiger charge is -2.10. The Kier molecular flexibility index (Phi) is 5.78. The van der Waals surface area contributed by atoms with Gasteiger partial charge in [0.25, 0.3) is 0 Å². The maximum Gasteiger partial charge on any atom is 0.329 e. The van der Waals surface area contributed by atoms with Crippen molar-refractivity contribution in [1.82, 2.24) is 10.7 Å². The molecule has 7 nitrogen and oxygen atoms in total. The molecule has 2 N–H and O–H groups in total. The van der Waals surface area contributed by atoms with Gasteiger partial charge in [-0.25, -0.2) is 5.43 Å². The summed E-state index contributed by atoms with van der Waals surface area (Å²) >= 11 is 0. The molecule has 1 aromatic rings. The van der Waals surface area contributed by atoms with Crippen molar-refractivity contribution in [2.24, 2.45) is 5.10 Å². The topological polar surface area (TPSA) is 89.0 Å². The molecule has 0 saturated carbocycles. The summed E-state index contributed by atoms with van der Waals surface area (Å²) in [4.78, 5) is 23.1. The molecule has 24 heavy (non-hydrogen) atoms. The van der Waals surface area contributed by atoms with Gasteiger partial charge in [0, 0.05) is 23.6 Å². The smallest absolute Gasteiger partial charge is 0.329 e. The van der Waals surface area contributed by atoms with Crippen LogP contribution in [0.2, 0.25) is 0 Å². The van der Waals surface area contributed by atoms with Gasteiger partial charge in [-0.2, -0.15) is 5.10 Å². The predicted molar refractivity (Wildman–Crippen MR) is 90.4 cm³/mol. The molecule has 0 saturated heterocycles. The van der Waals surface area contributed by atoms with Crippen LogP contribution in [-0.2, 0) is 16.0 Å². The first-order valence-electron chi connectivity index (χ1n) is 8.01. The second-order valence-corrected chi connectivity index (χ2v) is 5.89. The van der Waals surface area contributed by atoms with Gasteiger partial charge in [0.05, 0.1) is 12.8 Å². The highest BCUT2D eigenvalue weighted by molar-refractivity contribution is 6.35. The van der Waals surface area contributed by atoms with Crippen molar-refractivity contribution in [1.29, 1.82) is 0 Å². The van der Waals surface area contributed by atoms with Gasteiger partial charge in [0.1, 0.15) is 17.6 Å². The Morgan fingerprint density at radius 2 is 2.17 bits per heavy atom. The Morgan fingerprint density at radius 1 is 1.42 bits per heavy atom. The van der Waals surface area contributed by atoms with Crippen LogP contribution >= 0.6 is 0 Å². The molecule has 0 bridgehead atoms. The molecule has 0 unspecified atom stereocenters. The van der Waals surface area contributed by atoms with E-state index in [1.54, 1.807) is 13.8 Å². The van der Waals surface area contributed by atoms with Gasteiger partial charge in [-0.05, 0) is 39.8 Å². The van der Waals surface area contributed by atoms with Crippen molar-refractivity contribution in [2.45, 2.75) is 46.3 Å². The summed E-state index contributed by atoms with van der Waals surface area (Å²) in [5, 5.41) is 6.33. The summed E-state index contributed by atoms with van der Waals surface area (Å²) in [6, 6.07) is 3.64. The van der Waals surface area contributed by atoms with Crippen molar-refractivity contribution < 1.29 is 19.1 Å². The molecule has 7 heteroatoms. The number of hydrazone groups is 1. The molecule has 130 valence electrons. The fourth-order valence-corrected chi connectivity index (χ4v) is 2.38. The second kappa shape index (κ2) is 7.81. The maximum atomic E-state index is 11.6. The van der Waals surface area contributed by atoms with E-state index in [-0.39, 0.29) is 12.1 Å². The number of hydrogen-bond acceptors (Lipinski definition) is 5. The summed E-state index contributed by atoms with van der Waals surface area (Å²) in [5.74, 6) is -0.0860. The second-order valence-electron chi connectivity index (χ2n) is 5.89. The summed E-state index contributed by atoms with van der Waals surface area (Å²) in [6.07, 6.45) is 2.40. The number of rotatable bonds is 5. The number of carbonyl (C=O) groups excluding carboxylic acids is 2. The lowest BCUT2D eigenvalue weighted by molar-refractivity contribution is -0.139. The van der Waals surface area contributed by atoms with E-state index in [1.807, 2.05) is 26.0 Å². The zero-order chi connectivity index (χ0) is 17.7. The quantitative estimate of drug-likeness (QED) is 0.484. The van der Waals surface area contributed by atoms with E-state index in [0.717, 1.165) is 17.7 Å². The fourth-order valence-electron chi connectivity index (χ4n) is 2.38. The van der Waals surface area contributed by atoms with Crippen LogP contribution in [0.5, 0.6) is 11.5 Å². The maximum absolute atomic E-state index is 11.6. The highest BCUT2D eigenvalue weighted by Gasteiger charge is 2.21. The average Bonchev–Trinajstić information content (AvgIpc) is 2.85. The van der Waals surface area contributed by atoms with Crippen molar-refractivity contribution in [3.63, 3.8) is 0 Å². The molecule has 1 aromatic carbocycles. The van der Waals surface area contributed by atoms with Crippen molar-refractivity contribution >= 4 is 18.0 Å². The number of nitrogens with one attached hydrogen (secondary N) is 2. The Balaban J connectivity index is 2.09. The minimum atomic E-state index is -0.816. The van der Waals surface area contributed by atoms with E-state index in [0.29, 0.717) is 17.9 Å². The number of ether oxygens (including phenoxy) is 2. The van der Waals surface area contributed by atoms with Gasteiger partial charge < -0.3 is 14.8 Å². The Labute approximate surface area is 141 Å². The molecule has 0 aliphatic carbocycles. The highest BCUT2D eigenvalue weighted by atomic mass is 16.5. The molecule has 1 atom stereocenters. The van der Waals surface area contributed by atoms with Crippen LogP contribution in [-0.4, -0.2) is 36.8 Å². The summed E-state index contributed by atoms with van der Waals surface area (Å²) in [6.45, 7) is 7.95. The van der Waals surface area contributed by atoms with Gasteiger partial charge in [0.15, 0.2) is 0 Å². The number of fused-ring (bicyclic) bond motifs is 1. The van der Waals surface area contributed by atoms with Crippen LogP contribution in [0.4, 0.5) is 0 Å². The van der Waals surface area contributed by atoms with Crippen LogP contribution in [0.15, 0.2) is 17.2 Å². The number of amides is 2. The third kappa shape index (κ3) is 4.47. The number of carbonyl (C=O) groups is 2. The van der Waals surface area contributed by atoms with E-state index in [4.69, 9.17) is 9.47 Å². The summed E-state index contributed by atoms with van der Waals surface area (Å²) in [7, 11) is 0. The molecule has 1 aliphatic rings. The molecule has 1 heterocycles. The van der Waals surface area contributed by atoms with Crippen LogP contribution < -0.4 is 20.2 Å². The minimum absolute atomic E-state index is 0.118. The number of hydrogen-bond donors (Lipinski definition) is 2. The van der Waals surface area contributed by atoms with Gasteiger partial charge in [-0.3, -0.25) is 9.59 Å². The summed E-state index contributed by atoms with van der Waals surface area (Å²) in [5.41, 5.74) is 3.97. The van der Waals surface area contributed by atoms with Crippen molar-refractivity contribution in [3.05, 3.63) is 23.3 Å². The number of nitrogens with zero attached hydrogens (tertiary/aromatic N) is 1. The van der Waals surface area contributed by atoms with Gasteiger partial charge in [0.2, 0.25) is 0 Å². The first kappa shape index (κ1) is 17.8. The van der Waals surface area contributed by atoms with E-state index in [1.165, 1.54) is 6.21 Å². The number of benzene rings is 1. The molecule has 0 aromatic heterocycles. The zero-order valence-electron chi connectivity index (χ0n) is 14.4.